The van der Waals surface area contributed by atoms with Gasteiger partial charge in [0, 0.05) is 26.7 Å². The van der Waals surface area contributed by atoms with E-state index in [0.717, 1.165) is 26.7 Å². The lowest BCUT2D eigenvalue weighted by Crippen LogP contribution is -1.89. The van der Waals surface area contributed by atoms with Gasteiger partial charge in [-0.05, 0) is 41.5 Å². The summed E-state index contributed by atoms with van der Waals surface area (Å²) in [6.07, 6.45) is 0. The standard InChI is InChI=1S/C14H13BrClNS/c15-12-5-11(6-14(17)7-12)9-18-8-10-1-3-13(16)4-2-10/h1-7H,8-9,17H2. The molecule has 1 nitrogen and oxygen atoms in total. The van der Waals surface area contributed by atoms with Crippen LogP contribution in [0, 0.1) is 0 Å². The van der Waals surface area contributed by atoms with Crippen LogP contribution in [-0.2, 0) is 11.5 Å². The van der Waals surface area contributed by atoms with Crippen molar-refractivity contribution in [1.29, 1.82) is 0 Å². The lowest BCUT2D eigenvalue weighted by Gasteiger charge is -2.05. The van der Waals surface area contributed by atoms with Gasteiger partial charge in [0.2, 0.25) is 0 Å². The largest absolute Gasteiger partial charge is 0.399 e. The topological polar surface area (TPSA) is 26.0 Å². The van der Waals surface area contributed by atoms with E-state index in [0.29, 0.717) is 0 Å². The van der Waals surface area contributed by atoms with Crippen LogP contribution in [0.15, 0.2) is 46.9 Å². The van der Waals surface area contributed by atoms with Crippen LogP contribution in [0.2, 0.25) is 5.02 Å². The van der Waals surface area contributed by atoms with Gasteiger partial charge in [0.05, 0.1) is 0 Å². The Bertz CT molecular complexity index is 508. The number of benzene rings is 2. The summed E-state index contributed by atoms with van der Waals surface area (Å²) in [5.74, 6) is 1.93. The van der Waals surface area contributed by atoms with Crippen molar-refractivity contribution in [3.63, 3.8) is 0 Å². The van der Waals surface area contributed by atoms with E-state index in [1.165, 1.54) is 11.1 Å². The zero-order valence-electron chi connectivity index (χ0n) is 9.70. The number of halogens is 2. The summed E-state index contributed by atoms with van der Waals surface area (Å²) in [6, 6.07) is 14.0. The maximum Gasteiger partial charge on any atom is 0.0406 e. The SMILES string of the molecule is Nc1cc(Br)cc(CSCc2ccc(Cl)cc2)c1. The number of nitrogen functional groups attached to an aromatic ring is 1. The van der Waals surface area contributed by atoms with Crippen LogP contribution >= 0.6 is 39.3 Å². The molecule has 0 saturated heterocycles. The summed E-state index contributed by atoms with van der Waals surface area (Å²) in [5, 5.41) is 0.781. The van der Waals surface area contributed by atoms with Crippen molar-refractivity contribution in [1.82, 2.24) is 0 Å². The molecule has 2 aromatic carbocycles. The molecule has 2 rings (SSSR count). The minimum Gasteiger partial charge on any atom is -0.399 e. The number of anilines is 1. The Kier molecular flexibility index (Phi) is 4.98. The van der Waals surface area contributed by atoms with Gasteiger partial charge in [-0.25, -0.2) is 0 Å². The van der Waals surface area contributed by atoms with E-state index in [2.05, 4.69) is 34.1 Å². The van der Waals surface area contributed by atoms with E-state index in [9.17, 15) is 0 Å². The zero-order chi connectivity index (χ0) is 13.0. The first-order chi connectivity index (χ1) is 8.63. The van der Waals surface area contributed by atoms with Gasteiger partial charge in [0.15, 0.2) is 0 Å². The predicted octanol–water partition coefficient (Wildman–Crippen LogP) is 5.12. The van der Waals surface area contributed by atoms with E-state index in [1.807, 2.05) is 36.0 Å². The van der Waals surface area contributed by atoms with Crippen LogP contribution in [0.25, 0.3) is 0 Å². The Labute approximate surface area is 125 Å². The second-order valence-corrected chi connectivity index (χ2v) is 6.35. The molecular formula is C14H13BrClNS. The summed E-state index contributed by atoms with van der Waals surface area (Å²) < 4.78 is 1.03. The quantitative estimate of drug-likeness (QED) is 0.781. The molecule has 0 aliphatic carbocycles. The molecule has 0 unspecified atom stereocenters. The highest BCUT2D eigenvalue weighted by molar-refractivity contribution is 9.10. The third-order valence-corrected chi connectivity index (χ3v) is 4.22. The normalized spacial score (nSPS) is 10.6. The Morgan fingerprint density at radius 3 is 2.33 bits per heavy atom. The smallest absolute Gasteiger partial charge is 0.0406 e. The van der Waals surface area contributed by atoms with Gasteiger partial charge in [-0.3, -0.25) is 0 Å². The van der Waals surface area contributed by atoms with Gasteiger partial charge in [0.25, 0.3) is 0 Å². The predicted molar refractivity (Wildman–Crippen MR) is 85.0 cm³/mol. The molecule has 0 aliphatic heterocycles. The van der Waals surface area contributed by atoms with Crippen molar-refractivity contribution in [2.45, 2.75) is 11.5 Å². The van der Waals surface area contributed by atoms with Gasteiger partial charge in [-0.1, -0.05) is 39.7 Å². The summed E-state index contributed by atoms with van der Waals surface area (Å²) >= 11 is 11.2. The van der Waals surface area contributed by atoms with Crippen molar-refractivity contribution >= 4 is 45.0 Å². The van der Waals surface area contributed by atoms with Crippen LogP contribution < -0.4 is 5.73 Å². The van der Waals surface area contributed by atoms with Crippen molar-refractivity contribution in [3.8, 4) is 0 Å². The van der Waals surface area contributed by atoms with Crippen LogP contribution in [-0.4, -0.2) is 0 Å². The monoisotopic (exact) mass is 341 g/mol. The third-order valence-electron chi connectivity index (χ3n) is 2.43. The van der Waals surface area contributed by atoms with Crippen LogP contribution in [0.1, 0.15) is 11.1 Å². The van der Waals surface area contributed by atoms with Crippen LogP contribution in [0.5, 0.6) is 0 Å². The van der Waals surface area contributed by atoms with E-state index in [-0.39, 0.29) is 0 Å². The number of rotatable bonds is 4. The molecule has 0 aromatic heterocycles. The fourth-order valence-corrected chi connectivity index (χ4v) is 3.24. The first-order valence-electron chi connectivity index (χ1n) is 5.50. The molecule has 0 aliphatic rings. The molecule has 4 heteroatoms. The minimum absolute atomic E-state index is 0.781. The second kappa shape index (κ2) is 6.50. The minimum atomic E-state index is 0.781. The fraction of sp³-hybridized carbons (Fsp3) is 0.143. The molecule has 0 bridgehead atoms. The molecule has 0 spiro atoms. The Morgan fingerprint density at radius 1 is 1.00 bits per heavy atom. The lowest BCUT2D eigenvalue weighted by molar-refractivity contribution is 1.36. The number of thioether (sulfide) groups is 1. The van der Waals surface area contributed by atoms with Crippen molar-refractivity contribution in [2.75, 3.05) is 5.73 Å². The highest BCUT2D eigenvalue weighted by Crippen LogP contribution is 2.23. The highest BCUT2D eigenvalue weighted by Gasteiger charge is 1.99. The number of nitrogens with two attached hydrogens (primary N) is 1. The van der Waals surface area contributed by atoms with Crippen molar-refractivity contribution in [3.05, 3.63) is 63.1 Å². The van der Waals surface area contributed by atoms with E-state index in [1.54, 1.807) is 0 Å². The third kappa shape index (κ3) is 4.23. The maximum atomic E-state index is 5.85. The Balaban J connectivity index is 1.90. The summed E-state index contributed by atoms with van der Waals surface area (Å²) in [7, 11) is 0. The summed E-state index contributed by atoms with van der Waals surface area (Å²) in [6.45, 7) is 0. The first kappa shape index (κ1) is 13.8. The Hall–Kier alpha value is -0.640. The molecule has 0 atom stereocenters. The Morgan fingerprint density at radius 2 is 1.67 bits per heavy atom. The van der Waals surface area contributed by atoms with Gasteiger partial charge >= 0.3 is 0 Å². The maximum absolute atomic E-state index is 5.85. The molecule has 94 valence electrons. The van der Waals surface area contributed by atoms with Crippen LogP contribution in [0.4, 0.5) is 5.69 Å². The van der Waals surface area contributed by atoms with Gasteiger partial charge < -0.3 is 5.73 Å². The second-order valence-electron chi connectivity index (χ2n) is 4.01. The lowest BCUT2D eigenvalue weighted by atomic mass is 10.2. The van der Waals surface area contributed by atoms with Gasteiger partial charge in [0.1, 0.15) is 0 Å². The number of hydrogen-bond acceptors (Lipinski definition) is 2. The number of hydrogen-bond donors (Lipinski definition) is 1. The molecule has 0 fully saturated rings. The van der Waals surface area contributed by atoms with Crippen molar-refractivity contribution in [2.24, 2.45) is 0 Å². The van der Waals surface area contributed by atoms with Gasteiger partial charge in [-0.15, -0.1) is 0 Å². The molecule has 0 saturated carbocycles. The molecule has 2 N–H and O–H groups in total. The summed E-state index contributed by atoms with van der Waals surface area (Å²) in [4.78, 5) is 0. The zero-order valence-corrected chi connectivity index (χ0v) is 12.9. The molecular weight excluding hydrogens is 330 g/mol. The highest BCUT2D eigenvalue weighted by atomic mass is 79.9. The molecule has 0 radical (unpaired) electrons. The van der Waals surface area contributed by atoms with Crippen LogP contribution in [0.3, 0.4) is 0 Å². The van der Waals surface area contributed by atoms with Crippen molar-refractivity contribution < 1.29 is 0 Å². The van der Waals surface area contributed by atoms with Gasteiger partial charge in [-0.2, -0.15) is 11.8 Å². The first-order valence-corrected chi connectivity index (χ1v) is 7.83. The average molecular weight is 343 g/mol. The van der Waals surface area contributed by atoms with E-state index >= 15 is 0 Å². The van der Waals surface area contributed by atoms with E-state index in [4.69, 9.17) is 17.3 Å². The fourth-order valence-electron chi connectivity index (χ4n) is 1.63. The summed E-state index contributed by atoms with van der Waals surface area (Å²) in [5.41, 5.74) is 9.12. The molecule has 0 amide bonds. The molecule has 0 heterocycles. The average Bonchev–Trinajstić information content (AvgIpc) is 2.30. The van der Waals surface area contributed by atoms with E-state index < -0.39 is 0 Å². The molecule has 18 heavy (non-hydrogen) atoms. The molecule has 2 aromatic rings.